The second-order valence-corrected chi connectivity index (χ2v) is 5.57. The summed E-state index contributed by atoms with van der Waals surface area (Å²) in [6.45, 7) is 4.84. The van der Waals surface area contributed by atoms with E-state index in [1.807, 2.05) is 4.90 Å². The lowest BCUT2D eigenvalue weighted by molar-refractivity contribution is -0.00133. The molecule has 1 aromatic heterocycles. The molecule has 1 atom stereocenters. The van der Waals surface area contributed by atoms with Crippen LogP contribution in [-0.4, -0.2) is 71.2 Å². The van der Waals surface area contributed by atoms with E-state index in [4.69, 9.17) is 4.74 Å². The third-order valence-electron chi connectivity index (χ3n) is 4.23. The third kappa shape index (κ3) is 3.16. The van der Waals surface area contributed by atoms with E-state index in [0.717, 1.165) is 45.7 Å². The fraction of sp³-hybridized carbons (Fsp3) is 0.600. The first-order valence-electron chi connectivity index (χ1n) is 7.51. The van der Waals surface area contributed by atoms with Gasteiger partial charge in [-0.2, -0.15) is 0 Å². The summed E-state index contributed by atoms with van der Waals surface area (Å²) in [5.74, 6) is -0.220. The second-order valence-electron chi connectivity index (χ2n) is 5.57. The highest BCUT2D eigenvalue weighted by Gasteiger charge is 2.30. The van der Waals surface area contributed by atoms with Crippen LogP contribution < -0.4 is 0 Å². The SMILES string of the molecule is O=C(c1ncccc1O)N1CCCC(N2CCOCC2)C1. The summed E-state index contributed by atoms with van der Waals surface area (Å²) >= 11 is 0. The van der Waals surface area contributed by atoms with Gasteiger partial charge in [-0.1, -0.05) is 0 Å². The smallest absolute Gasteiger partial charge is 0.276 e. The summed E-state index contributed by atoms with van der Waals surface area (Å²) in [6, 6.07) is 3.51. The Kier molecular flexibility index (Phi) is 4.36. The van der Waals surface area contributed by atoms with Crippen molar-refractivity contribution in [2.45, 2.75) is 18.9 Å². The molecule has 3 rings (SSSR count). The molecule has 2 aliphatic heterocycles. The fourth-order valence-corrected chi connectivity index (χ4v) is 3.09. The number of hydrogen-bond donors (Lipinski definition) is 1. The Bertz CT molecular complexity index is 503. The van der Waals surface area contributed by atoms with Gasteiger partial charge in [0.2, 0.25) is 0 Å². The number of carbonyl (C=O) groups is 1. The Morgan fingerprint density at radius 2 is 2.14 bits per heavy atom. The Balaban J connectivity index is 1.68. The minimum atomic E-state index is -0.175. The Morgan fingerprint density at radius 3 is 2.90 bits per heavy atom. The number of aromatic hydroxyl groups is 1. The van der Waals surface area contributed by atoms with Gasteiger partial charge in [-0.05, 0) is 25.0 Å². The molecule has 3 heterocycles. The standard InChI is InChI=1S/C15H21N3O3/c19-13-4-1-5-16-14(13)15(20)18-6-2-3-12(11-18)17-7-9-21-10-8-17/h1,4-5,12,19H,2-3,6-11H2. The topological polar surface area (TPSA) is 65.9 Å². The molecule has 1 amide bonds. The van der Waals surface area contributed by atoms with E-state index in [1.54, 1.807) is 6.07 Å². The zero-order chi connectivity index (χ0) is 14.7. The highest BCUT2D eigenvalue weighted by Crippen LogP contribution is 2.21. The minimum absolute atomic E-state index is 0.0454. The number of rotatable bonds is 2. The molecule has 0 aliphatic carbocycles. The summed E-state index contributed by atoms with van der Waals surface area (Å²) in [7, 11) is 0. The molecular formula is C15H21N3O3. The van der Waals surface area contributed by atoms with Crippen LogP contribution in [0.5, 0.6) is 5.75 Å². The van der Waals surface area contributed by atoms with Crippen molar-refractivity contribution in [1.82, 2.24) is 14.8 Å². The van der Waals surface area contributed by atoms with Gasteiger partial charge in [0.15, 0.2) is 5.69 Å². The number of morpholine rings is 1. The maximum absolute atomic E-state index is 12.5. The van der Waals surface area contributed by atoms with E-state index >= 15 is 0 Å². The molecule has 1 aromatic rings. The van der Waals surface area contributed by atoms with Gasteiger partial charge >= 0.3 is 0 Å². The first-order chi connectivity index (χ1) is 10.3. The largest absolute Gasteiger partial charge is 0.505 e. The van der Waals surface area contributed by atoms with Crippen LogP contribution in [0.1, 0.15) is 23.3 Å². The van der Waals surface area contributed by atoms with Gasteiger partial charge in [0.05, 0.1) is 13.2 Å². The van der Waals surface area contributed by atoms with Crippen LogP contribution in [0, 0.1) is 0 Å². The van der Waals surface area contributed by atoms with Gasteiger partial charge in [-0.3, -0.25) is 9.69 Å². The molecule has 6 nitrogen and oxygen atoms in total. The van der Waals surface area contributed by atoms with Crippen LogP contribution >= 0.6 is 0 Å². The number of nitrogens with zero attached hydrogens (tertiary/aromatic N) is 3. The van der Waals surface area contributed by atoms with Crippen molar-refractivity contribution in [3.05, 3.63) is 24.0 Å². The second kappa shape index (κ2) is 6.41. The normalized spacial score (nSPS) is 24.0. The molecule has 2 aliphatic rings. The molecule has 114 valence electrons. The number of amides is 1. The first kappa shape index (κ1) is 14.3. The Labute approximate surface area is 124 Å². The predicted octanol–water partition coefficient (Wildman–Crippen LogP) is 0.724. The summed E-state index contributed by atoms with van der Waals surface area (Å²) in [5.41, 5.74) is 0.153. The number of ether oxygens (including phenoxy) is 1. The van der Waals surface area contributed by atoms with Crippen LogP contribution in [0.3, 0.4) is 0 Å². The Hall–Kier alpha value is -1.66. The number of carbonyl (C=O) groups excluding carboxylic acids is 1. The molecule has 6 heteroatoms. The molecule has 2 saturated heterocycles. The van der Waals surface area contributed by atoms with Crippen molar-refractivity contribution >= 4 is 5.91 Å². The summed E-state index contributed by atoms with van der Waals surface area (Å²) in [5, 5.41) is 9.79. The molecule has 1 unspecified atom stereocenters. The number of likely N-dealkylation sites (tertiary alicyclic amines) is 1. The van der Waals surface area contributed by atoms with Crippen molar-refractivity contribution in [3.63, 3.8) is 0 Å². The van der Waals surface area contributed by atoms with E-state index in [-0.39, 0.29) is 17.4 Å². The summed E-state index contributed by atoms with van der Waals surface area (Å²) in [6.07, 6.45) is 3.63. The quantitative estimate of drug-likeness (QED) is 0.870. The lowest BCUT2D eigenvalue weighted by Gasteiger charge is -2.40. The Morgan fingerprint density at radius 1 is 1.33 bits per heavy atom. The lowest BCUT2D eigenvalue weighted by Crippen LogP contribution is -2.52. The zero-order valence-electron chi connectivity index (χ0n) is 12.1. The maximum Gasteiger partial charge on any atom is 0.276 e. The molecule has 0 saturated carbocycles. The predicted molar refractivity (Wildman–Crippen MR) is 77.2 cm³/mol. The number of piperidine rings is 1. The van der Waals surface area contributed by atoms with Crippen molar-refractivity contribution in [2.24, 2.45) is 0 Å². The fourth-order valence-electron chi connectivity index (χ4n) is 3.09. The molecule has 0 aromatic carbocycles. The van der Waals surface area contributed by atoms with Crippen molar-refractivity contribution < 1.29 is 14.6 Å². The molecule has 1 N–H and O–H groups in total. The van der Waals surface area contributed by atoms with Gasteiger partial charge in [-0.15, -0.1) is 0 Å². The summed E-state index contributed by atoms with van der Waals surface area (Å²) in [4.78, 5) is 20.7. The molecule has 0 radical (unpaired) electrons. The highest BCUT2D eigenvalue weighted by atomic mass is 16.5. The van der Waals surface area contributed by atoms with Crippen LogP contribution in [0.4, 0.5) is 0 Å². The van der Waals surface area contributed by atoms with Crippen molar-refractivity contribution in [2.75, 3.05) is 39.4 Å². The third-order valence-corrected chi connectivity index (χ3v) is 4.23. The molecule has 0 bridgehead atoms. The molecule has 2 fully saturated rings. The number of aromatic nitrogens is 1. The molecule has 21 heavy (non-hydrogen) atoms. The van der Waals surface area contributed by atoms with Crippen LogP contribution in [-0.2, 0) is 4.74 Å². The van der Waals surface area contributed by atoms with Gasteiger partial charge in [0.1, 0.15) is 5.75 Å². The van der Waals surface area contributed by atoms with Crippen molar-refractivity contribution in [1.29, 1.82) is 0 Å². The number of pyridine rings is 1. The zero-order valence-corrected chi connectivity index (χ0v) is 12.1. The number of hydrogen-bond acceptors (Lipinski definition) is 5. The van der Waals surface area contributed by atoms with Gasteiger partial charge in [-0.25, -0.2) is 4.98 Å². The first-order valence-corrected chi connectivity index (χ1v) is 7.51. The highest BCUT2D eigenvalue weighted by molar-refractivity contribution is 5.94. The van der Waals surface area contributed by atoms with E-state index < -0.39 is 0 Å². The molecular weight excluding hydrogens is 270 g/mol. The van der Waals surface area contributed by atoms with Crippen molar-refractivity contribution in [3.8, 4) is 5.75 Å². The van der Waals surface area contributed by atoms with E-state index in [0.29, 0.717) is 12.6 Å². The monoisotopic (exact) mass is 291 g/mol. The van der Waals surface area contributed by atoms with E-state index in [9.17, 15) is 9.90 Å². The van der Waals surface area contributed by atoms with Crippen LogP contribution in [0.25, 0.3) is 0 Å². The average molecular weight is 291 g/mol. The van der Waals surface area contributed by atoms with Gasteiger partial charge in [0.25, 0.3) is 5.91 Å². The van der Waals surface area contributed by atoms with E-state index in [1.165, 1.54) is 12.3 Å². The van der Waals surface area contributed by atoms with Crippen LogP contribution in [0.15, 0.2) is 18.3 Å². The summed E-state index contributed by atoms with van der Waals surface area (Å²) < 4.78 is 5.38. The van der Waals surface area contributed by atoms with Crippen LogP contribution in [0.2, 0.25) is 0 Å². The maximum atomic E-state index is 12.5. The van der Waals surface area contributed by atoms with E-state index in [2.05, 4.69) is 9.88 Å². The van der Waals surface area contributed by atoms with Gasteiger partial charge in [0, 0.05) is 38.4 Å². The average Bonchev–Trinajstić information content (AvgIpc) is 2.56. The molecule has 0 spiro atoms. The lowest BCUT2D eigenvalue weighted by atomic mass is 10.0. The van der Waals surface area contributed by atoms with Gasteiger partial charge < -0.3 is 14.7 Å². The minimum Gasteiger partial charge on any atom is -0.505 e.